The van der Waals surface area contributed by atoms with Crippen molar-refractivity contribution in [2.24, 2.45) is 71.0 Å². The monoisotopic (exact) mass is 749 g/mol. The first-order chi connectivity index (χ1) is 21.9. The Kier molecular flexibility index (Phi) is 7.29. The summed E-state index contributed by atoms with van der Waals surface area (Å²) in [6.45, 7) is 0. The summed E-state index contributed by atoms with van der Waals surface area (Å²) >= 11 is 0. The Labute approximate surface area is 299 Å². The van der Waals surface area contributed by atoms with E-state index in [2.05, 4.69) is 6.16 Å². The topological polar surface area (TPSA) is 0 Å². The van der Waals surface area contributed by atoms with Crippen LogP contribution in [0.1, 0.15) is 161 Å². The summed E-state index contributed by atoms with van der Waals surface area (Å²) in [5, 5.41) is 3.29. The number of rotatable bonds is 8. The van der Waals surface area contributed by atoms with E-state index in [0.717, 1.165) is 91.6 Å². The van der Waals surface area contributed by atoms with Gasteiger partial charge in [-0.3, -0.25) is 7.92 Å². The molecule has 16 rings (SSSR count). The average Bonchev–Trinajstić information content (AvgIpc) is 2.94. The molecule has 0 aromatic rings. The van der Waals surface area contributed by atoms with Gasteiger partial charge in [-0.05, 0) is 246 Å². The van der Waals surface area contributed by atoms with Crippen LogP contribution in [0.4, 0.5) is 0 Å². The van der Waals surface area contributed by atoms with Gasteiger partial charge in [0, 0.05) is 20.4 Å². The second-order valence-electron chi connectivity index (χ2n) is 22.1. The van der Waals surface area contributed by atoms with Gasteiger partial charge in [-0.1, -0.05) is 14.1 Å². The molecule has 16 fully saturated rings. The first-order valence-electron chi connectivity index (χ1n) is 21.3. The van der Waals surface area contributed by atoms with Crippen molar-refractivity contribution in [3.8, 4) is 0 Å². The summed E-state index contributed by atoms with van der Waals surface area (Å²) in [5.41, 5.74) is 0. The Hall–Kier alpha value is 1.52. The van der Waals surface area contributed by atoms with Crippen LogP contribution in [0.2, 0.25) is 0 Å². The fourth-order valence-corrected chi connectivity index (χ4v) is 30.0. The van der Waals surface area contributed by atoms with Crippen molar-refractivity contribution in [2.45, 2.75) is 181 Å². The van der Waals surface area contributed by atoms with Gasteiger partial charge in [0.2, 0.25) is 0 Å². The summed E-state index contributed by atoms with van der Waals surface area (Å²) in [7, 11) is 0.253. The van der Waals surface area contributed by atoms with E-state index in [4.69, 9.17) is 0 Å². The molecule has 0 unspecified atom stereocenters. The molecule has 0 aromatic heterocycles. The van der Waals surface area contributed by atoms with E-state index < -0.39 is 0 Å². The molecular formula is C43H65P2Pd-. The van der Waals surface area contributed by atoms with Crippen molar-refractivity contribution in [1.82, 2.24) is 0 Å². The molecule has 0 aliphatic heterocycles. The molecule has 0 aromatic carbocycles. The van der Waals surface area contributed by atoms with Gasteiger partial charge < -0.3 is 6.16 Å². The average molecular weight is 750 g/mol. The molecule has 3 heteroatoms. The van der Waals surface area contributed by atoms with E-state index in [1.54, 1.807) is 167 Å². The second kappa shape index (κ2) is 10.8. The molecule has 0 saturated heterocycles. The number of hydrogen-bond acceptors (Lipinski definition) is 0. The summed E-state index contributed by atoms with van der Waals surface area (Å²) in [6, 6.07) is 0. The fraction of sp³-hybridized carbons (Fsp3) is 0.977. The Morgan fingerprint density at radius 2 is 0.565 bits per heavy atom. The van der Waals surface area contributed by atoms with Gasteiger partial charge in [0.15, 0.2) is 0 Å². The summed E-state index contributed by atoms with van der Waals surface area (Å²) < 4.78 is 0. The van der Waals surface area contributed by atoms with Crippen molar-refractivity contribution in [3.05, 3.63) is 6.16 Å². The zero-order valence-electron chi connectivity index (χ0n) is 29.1. The zero-order valence-corrected chi connectivity index (χ0v) is 32.4. The van der Waals surface area contributed by atoms with E-state index in [0.29, 0.717) is 0 Å². The Bertz CT molecular complexity index is 898. The maximum Gasteiger partial charge on any atom is 0 e. The van der Waals surface area contributed by atoms with Gasteiger partial charge in [-0.25, -0.2) is 0 Å². The maximum atomic E-state index is 3.34. The van der Waals surface area contributed by atoms with Gasteiger partial charge in [0.1, 0.15) is 0 Å². The molecule has 0 nitrogen and oxygen atoms in total. The normalized spacial score (nSPS) is 60.5. The Balaban J connectivity index is 0.00000261. The first kappa shape index (κ1) is 31.1. The van der Waals surface area contributed by atoms with Gasteiger partial charge >= 0.3 is 0 Å². The van der Waals surface area contributed by atoms with Crippen LogP contribution in [0.3, 0.4) is 0 Å². The van der Waals surface area contributed by atoms with Crippen LogP contribution in [-0.2, 0) is 20.4 Å². The predicted molar refractivity (Wildman–Crippen MR) is 191 cm³/mol. The van der Waals surface area contributed by atoms with Gasteiger partial charge in [0.25, 0.3) is 0 Å². The molecule has 46 heavy (non-hydrogen) atoms. The SMILES string of the molecule is [CH-](CCP(C12CC3CC(CC(C3)C1)C2)C12CC3CC(CC(C3)C1)C2)P(C12CC3CC(CC(C3)C1)C2)C12CC3CC(CC(C3)C1)C2.[Pd]. The third-order valence-corrected chi connectivity index (χ3v) is 26.7. The molecule has 16 aliphatic carbocycles. The largest absolute Gasteiger partial charge is 0.301 e. The molecular weight excluding hydrogens is 685 g/mol. The van der Waals surface area contributed by atoms with Crippen LogP contribution < -0.4 is 0 Å². The maximum absolute atomic E-state index is 3.34. The molecule has 0 heterocycles. The minimum atomic E-state index is 0. The summed E-state index contributed by atoms with van der Waals surface area (Å²) in [5.74, 6) is 13.7. The fourth-order valence-electron chi connectivity index (χ4n) is 19.7. The van der Waals surface area contributed by atoms with E-state index in [1.807, 2.05) is 0 Å². The van der Waals surface area contributed by atoms with Crippen LogP contribution in [-0.4, -0.2) is 26.8 Å². The molecule has 0 spiro atoms. The molecule has 16 aliphatic rings. The minimum Gasteiger partial charge on any atom is -0.301 e. The van der Waals surface area contributed by atoms with Crippen molar-refractivity contribution < 1.29 is 20.4 Å². The van der Waals surface area contributed by atoms with Gasteiger partial charge in [-0.15, -0.1) is 0 Å². The summed E-state index contributed by atoms with van der Waals surface area (Å²) in [6.07, 6.45) is 46.9. The molecule has 0 atom stereocenters. The molecule has 0 amide bonds. The number of hydrogen-bond donors (Lipinski definition) is 0. The van der Waals surface area contributed by atoms with Crippen molar-refractivity contribution in [3.63, 3.8) is 0 Å². The molecule has 0 radical (unpaired) electrons. The predicted octanol–water partition coefficient (Wildman–Crippen LogP) is 12.4. The second-order valence-corrected chi connectivity index (χ2v) is 28.3. The van der Waals surface area contributed by atoms with E-state index in [1.165, 1.54) is 0 Å². The van der Waals surface area contributed by atoms with Gasteiger partial charge in [-0.2, -0.15) is 6.42 Å². The smallest absolute Gasteiger partial charge is 0 e. The van der Waals surface area contributed by atoms with Crippen molar-refractivity contribution in [1.29, 1.82) is 0 Å². The first-order valence-corrected chi connectivity index (χ1v) is 24.3. The van der Waals surface area contributed by atoms with E-state index in [9.17, 15) is 0 Å². The van der Waals surface area contributed by atoms with Crippen LogP contribution in [0, 0.1) is 77.2 Å². The molecule has 258 valence electrons. The van der Waals surface area contributed by atoms with E-state index >= 15 is 0 Å². The molecule has 16 saturated carbocycles. The third-order valence-electron chi connectivity index (χ3n) is 18.9. The van der Waals surface area contributed by atoms with E-state index in [-0.39, 0.29) is 36.3 Å². The summed E-state index contributed by atoms with van der Waals surface area (Å²) in [4.78, 5) is 0. The van der Waals surface area contributed by atoms with Crippen LogP contribution >= 0.6 is 15.8 Å². The Morgan fingerprint density at radius 1 is 0.348 bits per heavy atom. The standard InChI is InChI=1S/C43H65P2.Pd/c1(2-44(40-16-28-4-29(17-40)6-30(5-28)18-40)41-19-31-7-32(20-41)9-33(8-31)21-41)3-45(42-22-34-10-35(23-42)12-36(11-34)24-42)43-25-37-13-38(26-43)15-39(14-37)27-43;/h2,28-39H,1,3-27H2;/q-1;. The molecule has 0 N–H and O–H groups in total. The zero-order chi connectivity index (χ0) is 29.2. The van der Waals surface area contributed by atoms with Crippen molar-refractivity contribution >= 4 is 15.8 Å². The molecule has 16 bridgehead atoms. The Morgan fingerprint density at radius 3 is 0.804 bits per heavy atom. The third kappa shape index (κ3) is 4.64. The van der Waals surface area contributed by atoms with Crippen LogP contribution in [0.25, 0.3) is 0 Å². The quantitative estimate of drug-likeness (QED) is 0.132. The van der Waals surface area contributed by atoms with Crippen LogP contribution in [0.5, 0.6) is 0 Å². The van der Waals surface area contributed by atoms with Crippen molar-refractivity contribution in [2.75, 3.05) is 6.16 Å². The van der Waals surface area contributed by atoms with Gasteiger partial charge in [0.05, 0.1) is 0 Å². The minimum absolute atomic E-state index is 0. The van der Waals surface area contributed by atoms with Crippen LogP contribution in [0.15, 0.2) is 0 Å².